The molecule has 0 aliphatic rings. The fraction of sp³-hybridized carbons (Fsp3) is 0.175. The molecule has 0 aromatic heterocycles. The molecule has 47 heavy (non-hydrogen) atoms. The molecule has 0 saturated heterocycles. The molecule has 0 aliphatic carbocycles. The van der Waals surface area contributed by atoms with Gasteiger partial charge in [0.25, 0.3) is 0 Å². The fourth-order valence-electron chi connectivity index (χ4n) is 4.50. The van der Waals surface area contributed by atoms with Crippen molar-refractivity contribution in [1.29, 1.82) is 0 Å². The molecule has 0 unspecified atom stereocenters. The van der Waals surface area contributed by atoms with Crippen molar-refractivity contribution in [1.82, 2.24) is 0 Å². The van der Waals surface area contributed by atoms with Gasteiger partial charge in [-0.25, -0.2) is 14.4 Å². The van der Waals surface area contributed by atoms with Crippen LogP contribution in [0.1, 0.15) is 37.8 Å². The van der Waals surface area contributed by atoms with E-state index in [2.05, 4.69) is 44.3 Å². The summed E-state index contributed by atoms with van der Waals surface area (Å²) in [5.74, 6) is -1.48. The molecule has 4 rings (SSSR count). The second-order valence-electron chi connectivity index (χ2n) is 11.0. The number of hydrogen-bond donors (Lipinski definition) is 0. The highest BCUT2D eigenvalue weighted by Crippen LogP contribution is 2.34. The number of carbonyl (C=O) groups is 3. The molecule has 0 heterocycles. The molecule has 0 saturated carbocycles. The van der Waals surface area contributed by atoms with Crippen LogP contribution in [0.5, 0.6) is 17.2 Å². The summed E-state index contributed by atoms with van der Waals surface area (Å²) in [6.45, 7) is 11.0. The Bertz CT molecular complexity index is 1760. The maximum Gasteiger partial charge on any atom is 0.341 e. The van der Waals surface area contributed by atoms with Crippen molar-refractivity contribution >= 4 is 24.0 Å². The van der Waals surface area contributed by atoms with Gasteiger partial charge in [0, 0.05) is 18.8 Å². The molecule has 240 valence electrons. The molecule has 0 fully saturated rings. The van der Waals surface area contributed by atoms with E-state index in [0.29, 0.717) is 11.3 Å². The Morgan fingerprint density at radius 2 is 1.30 bits per heavy atom. The number of methoxy groups -OCH3 is 1. The van der Waals surface area contributed by atoms with Gasteiger partial charge in [-0.05, 0) is 83.5 Å². The Balaban J connectivity index is 1.50. The van der Waals surface area contributed by atoms with Gasteiger partial charge < -0.3 is 18.9 Å². The van der Waals surface area contributed by atoms with E-state index in [0.717, 1.165) is 28.7 Å². The van der Waals surface area contributed by atoms with Gasteiger partial charge in [-0.1, -0.05) is 93.2 Å². The third-order valence-electron chi connectivity index (χ3n) is 7.14. The van der Waals surface area contributed by atoms with Crippen molar-refractivity contribution in [2.75, 3.05) is 13.7 Å². The molecule has 0 radical (unpaired) electrons. The summed E-state index contributed by atoms with van der Waals surface area (Å²) >= 11 is 0. The Labute approximate surface area is 275 Å². The summed E-state index contributed by atoms with van der Waals surface area (Å²) in [4.78, 5) is 37.4. The topological polar surface area (TPSA) is 88.1 Å². The van der Waals surface area contributed by atoms with Crippen LogP contribution in [-0.2, 0) is 25.5 Å². The number of aryl methyl sites for hydroxylation is 1. The highest BCUT2D eigenvalue weighted by Gasteiger charge is 2.17. The molecule has 0 spiro atoms. The van der Waals surface area contributed by atoms with Gasteiger partial charge in [0.05, 0.1) is 12.2 Å². The lowest BCUT2D eigenvalue weighted by Gasteiger charge is -2.13. The third kappa shape index (κ3) is 9.98. The lowest BCUT2D eigenvalue weighted by atomic mass is 10.0. The first-order valence-corrected chi connectivity index (χ1v) is 15.3. The molecule has 4 aromatic carbocycles. The van der Waals surface area contributed by atoms with Gasteiger partial charge >= 0.3 is 17.9 Å². The Morgan fingerprint density at radius 3 is 1.91 bits per heavy atom. The average molecular weight is 631 g/mol. The van der Waals surface area contributed by atoms with E-state index in [1.807, 2.05) is 24.3 Å². The minimum Gasteiger partial charge on any atom is -0.423 e. The highest BCUT2D eigenvalue weighted by molar-refractivity contribution is 5.92. The van der Waals surface area contributed by atoms with Crippen molar-refractivity contribution < 1.29 is 33.3 Å². The van der Waals surface area contributed by atoms with Gasteiger partial charge in [0.1, 0.15) is 5.75 Å². The number of benzene rings is 4. The van der Waals surface area contributed by atoms with E-state index in [1.165, 1.54) is 37.7 Å². The number of esters is 3. The normalized spacial score (nSPS) is 10.8. The zero-order chi connectivity index (χ0) is 33.8. The van der Waals surface area contributed by atoms with Crippen molar-refractivity contribution in [3.05, 3.63) is 133 Å². The molecule has 4 aromatic rings. The smallest absolute Gasteiger partial charge is 0.341 e. The molecule has 0 atom stereocenters. The third-order valence-corrected chi connectivity index (χ3v) is 7.14. The Kier molecular flexibility index (Phi) is 12.2. The lowest BCUT2D eigenvalue weighted by Crippen LogP contribution is -2.15. The molecule has 0 aliphatic heterocycles. The molecular weight excluding hydrogens is 592 g/mol. The molecule has 7 nitrogen and oxygen atoms in total. The van der Waals surface area contributed by atoms with Gasteiger partial charge in [-0.2, -0.15) is 0 Å². The minimum absolute atomic E-state index is 0.0138. The van der Waals surface area contributed by atoms with Crippen LogP contribution in [0.2, 0.25) is 0 Å². The average Bonchev–Trinajstić information content (AvgIpc) is 3.08. The number of ether oxygens (including phenoxy) is 4. The summed E-state index contributed by atoms with van der Waals surface area (Å²) in [5, 5.41) is 0. The number of hydrogen-bond acceptors (Lipinski definition) is 7. The Morgan fingerprint density at radius 1 is 0.702 bits per heavy atom. The van der Waals surface area contributed by atoms with Crippen molar-refractivity contribution in [2.24, 2.45) is 0 Å². The van der Waals surface area contributed by atoms with Crippen LogP contribution in [0.15, 0.2) is 121 Å². The van der Waals surface area contributed by atoms with E-state index in [9.17, 15) is 14.4 Å². The van der Waals surface area contributed by atoms with Crippen molar-refractivity contribution in [3.8, 4) is 39.5 Å². The molecule has 7 heteroatoms. The van der Waals surface area contributed by atoms with Crippen LogP contribution in [0.4, 0.5) is 0 Å². The summed E-state index contributed by atoms with van der Waals surface area (Å²) in [6, 6.07) is 28.1. The van der Waals surface area contributed by atoms with Crippen LogP contribution in [0.3, 0.4) is 0 Å². The number of unbranched alkanes of at least 4 members (excludes halogenated alkanes) is 1. The van der Waals surface area contributed by atoms with Crippen molar-refractivity contribution in [3.63, 3.8) is 0 Å². The molecule has 0 N–H and O–H groups in total. The van der Waals surface area contributed by atoms with E-state index in [1.54, 1.807) is 49.4 Å². The quantitative estimate of drug-likeness (QED) is 0.0783. The second kappa shape index (κ2) is 16.7. The largest absolute Gasteiger partial charge is 0.423 e. The van der Waals surface area contributed by atoms with Gasteiger partial charge in [-0.3, -0.25) is 0 Å². The standard InChI is InChI=1S/C40H38O7/c1-6-7-8-29-9-14-31(15-10-29)32-16-11-30(12-17-32)13-24-38(41)46-37-25-34(20-23-36(37)47-40(43)28(4)26-44-5)33-18-21-35(22-19-33)45-39(42)27(2)3/h9-25H,2,4,6-8,26H2,1,3,5H3/b24-13+. The molecule has 0 bridgehead atoms. The summed E-state index contributed by atoms with van der Waals surface area (Å²) in [7, 11) is 1.44. The maximum absolute atomic E-state index is 13.0. The van der Waals surface area contributed by atoms with Gasteiger partial charge in [0.15, 0.2) is 11.5 Å². The van der Waals surface area contributed by atoms with Crippen LogP contribution in [0, 0.1) is 0 Å². The predicted octanol–water partition coefficient (Wildman–Crippen LogP) is 8.57. The van der Waals surface area contributed by atoms with E-state index < -0.39 is 17.9 Å². The Hall–Kier alpha value is -5.53. The minimum atomic E-state index is -0.716. The zero-order valence-electron chi connectivity index (χ0n) is 26.9. The predicted molar refractivity (Wildman–Crippen MR) is 184 cm³/mol. The van der Waals surface area contributed by atoms with E-state index in [4.69, 9.17) is 18.9 Å². The second-order valence-corrected chi connectivity index (χ2v) is 11.0. The van der Waals surface area contributed by atoms with E-state index >= 15 is 0 Å². The van der Waals surface area contributed by atoms with E-state index in [-0.39, 0.29) is 29.3 Å². The first-order valence-electron chi connectivity index (χ1n) is 15.3. The SMILES string of the molecule is C=C(C)C(=O)Oc1ccc(-c2ccc(OC(=O)C(=C)COC)c(OC(=O)/C=C/c3ccc(-c4ccc(CCCC)cc4)cc3)c2)cc1. The van der Waals surface area contributed by atoms with Crippen molar-refractivity contribution in [2.45, 2.75) is 33.1 Å². The summed E-state index contributed by atoms with van der Waals surface area (Å²) in [6.07, 6.45) is 6.39. The highest BCUT2D eigenvalue weighted by atomic mass is 16.6. The number of rotatable bonds is 14. The number of carbonyl (C=O) groups excluding carboxylic acids is 3. The van der Waals surface area contributed by atoms with Gasteiger partial charge in [-0.15, -0.1) is 0 Å². The van der Waals surface area contributed by atoms with Crippen LogP contribution in [0.25, 0.3) is 28.3 Å². The zero-order valence-corrected chi connectivity index (χ0v) is 26.9. The maximum atomic E-state index is 13.0. The fourth-order valence-corrected chi connectivity index (χ4v) is 4.50. The first-order chi connectivity index (χ1) is 22.7. The summed E-state index contributed by atoms with van der Waals surface area (Å²) in [5.41, 5.74) is 6.14. The van der Waals surface area contributed by atoms with Gasteiger partial charge in [0.2, 0.25) is 0 Å². The van der Waals surface area contributed by atoms with Crippen LogP contribution < -0.4 is 14.2 Å². The lowest BCUT2D eigenvalue weighted by molar-refractivity contribution is -0.132. The summed E-state index contributed by atoms with van der Waals surface area (Å²) < 4.78 is 21.4. The monoisotopic (exact) mass is 630 g/mol. The molecule has 0 amide bonds. The molecular formula is C40H38O7. The first kappa shape index (κ1) is 34.3. The van der Waals surface area contributed by atoms with Crippen LogP contribution in [-0.4, -0.2) is 31.6 Å². The van der Waals surface area contributed by atoms with Crippen LogP contribution >= 0.6 is 0 Å².